The Labute approximate surface area is 150 Å². The van der Waals surface area contributed by atoms with Crippen LogP contribution in [0.3, 0.4) is 0 Å². The highest BCUT2D eigenvalue weighted by Gasteiger charge is 2.20. The van der Waals surface area contributed by atoms with Crippen molar-refractivity contribution in [3.8, 4) is 28.4 Å². The van der Waals surface area contributed by atoms with Gasteiger partial charge in [0.1, 0.15) is 17.2 Å². The molecule has 26 heavy (non-hydrogen) atoms. The summed E-state index contributed by atoms with van der Waals surface area (Å²) in [6.07, 6.45) is 1.68. The van der Waals surface area contributed by atoms with Gasteiger partial charge in [0.05, 0.1) is 17.4 Å². The van der Waals surface area contributed by atoms with Crippen molar-refractivity contribution < 1.29 is 19.1 Å². The summed E-state index contributed by atoms with van der Waals surface area (Å²) in [6, 6.07) is 12.8. The highest BCUT2D eigenvalue weighted by molar-refractivity contribution is 5.82. The molecule has 7 heteroatoms. The van der Waals surface area contributed by atoms with Gasteiger partial charge in [-0.05, 0) is 36.8 Å². The van der Waals surface area contributed by atoms with E-state index in [0.29, 0.717) is 11.3 Å². The molecule has 0 unspecified atom stereocenters. The molecule has 0 aliphatic carbocycles. The van der Waals surface area contributed by atoms with Gasteiger partial charge in [-0.15, -0.1) is 5.10 Å². The Kier molecular flexibility index (Phi) is 4.79. The average Bonchev–Trinajstić information content (AvgIpc) is 3.03. The van der Waals surface area contributed by atoms with Gasteiger partial charge in [0.2, 0.25) is 0 Å². The van der Waals surface area contributed by atoms with Crippen LogP contribution in [0.1, 0.15) is 19.4 Å². The zero-order chi connectivity index (χ0) is 18.7. The molecule has 0 radical (unpaired) electrons. The number of ether oxygens (including phenoxy) is 2. The molecule has 0 atom stereocenters. The Balaban J connectivity index is 2.14. The van der Waals surface area contributed by atoms with Crippen LogP contribution in [-0.4, -0.2) is 26.9 Å². The van der Waals surface area contributed by atoms with E-state index in [1.165, 1.54) is 13.8 Å². The maximum Gasteiger partial charge on any atom is 0.308 e. The quantitative estimate of drug-likeness (QED) is 0.530. The van der Waals surface area contributed by atoms with Crippen LogP contribution in [0.25, 0.3) is 16.9 Å². The molecule has 1 heterocycles. The minimum atomic E-state index is -0.485. The third-order valence-electron chi connectivity index (χ3n) is 3.49. The number of carbonyl (C=O) groups is 2. The highest BCUT2D eigenvalue weighted by Crippen LogP contribution is 2.39. The molecule has 0 aliphatic rings. The summed E-state index contributed by atoms with van der Waals surface area (Å²) >= 11 is 0. The van der Waals surface area contributed by atoms with E-state index >= 15 is 0 Å². The van der Waals surface area contributed by atoms with Crippen molar-refractivity contribution in [3.63, 3.8) is 0 Å². The average molecular weight is 351 g/mol. The van der Waals surface area contributed by atoms with E-state index in [-0.39, 0.29) is 11.5 Å². The Morgan fingerprint density at radius 1 is 0.962 bits per heavy atom. The summed E-state index contributed by atoms with van der Waals surface area (Å²) in [5.74, 6) is -0.454. The first kappa shape index (κ1) is 17.3. The van der Waals surface area contributed by atoms with Gasteiger partial charge in [0.15, 0.2) is 0 Å². The van der Waals surface area contributed by atoms with Crippen molar-refractivity contribution in [3.05, 3.63) is 54.2 Å². The second kappa shape index (κ2) is 7.18. The fraction of sp³-hybridized carbons (Fsp3) is 0.158. The Morgan fingerprint density at radius 2 is 1.54 bits per heavy atom. The zero-order valence-electron chi connectivity index (χ0n) is 14.6. The molecule has 1 aromatic heterocycles. The minimum absolute atomic E-state index is 0.258. The number of carbonyl (C=O) groups excluding carboxylic acids is 2. The van der Waals surface area contributed by atoms with E-state index < -0.39 is 11.9 Å². The largest absolute Gasteiger partial charge is 0.426 e. The number of para-hydroxylation sites is 1. The van der Waals surface area contributed by atoms with E-state index in [1.54, 1.807) is 23.0 Å². The molecule has 0 spiro atoms. The minimum Gasteiger partial charge on any atom is -0.426 e. The standard InChI is InChI=1S/C19H17N3O4/c1-12-9-17(25-13(2)23)19(18(10-12)26-14(3)24)16-11-22(21-20-16)15-7-5-4-6-8-15/h4-11H,1-3H3. The lowest BCUT2D eigenvalue weighted by Gasteiger charge is -2.13. The Bertz CT molecular complexity index is 927. The van der Waals surface area contributed by atoms with Crippen LogP contribution in [0.5, 0.6) is 11.5 Å². The molecule has 0 saturated heterocycles. The van der Waals surface area contributed by atoms with Crippen LogP contribution in [0.4, 0.5) is 0 Å². The van der Waals surface area contributed by atoms with Gasteiger partial charge in [-0.3, -0.25) is 9.59 Å². The van der Waals surface area contributed by atoms with Gasteiger partial charge in [0, 0.05) is 13.8 Å². The van der Waals surface area contributed by atoms with Crippen molar-refractivity contribution in [1.29, 1.82) is 0 Å². The van der Waals surface area contributed by atoms with Crippen LogP contribution in [-0.2, 0) is 9.59 Å². The molecule has 0 N–H and O–H groups in total. The molecule has 2 aromatic carbocycles. The van der Waals surface area contributed by atoms with E-state index in [0.717, 1.165) is 11.3 Å². The second-order valence-corrected chi connectivity index (χ2v) is 5.71. The molecule has 7 nitrogen and oxygen atoms in total. The molecule has 0 fully saturated rings. The first-order valence-corrected chi connectivity index (χ1v) is 7.93. The number of aromatic nitrogens is 3. The molecular formula is C19H17N3O4. The number of aryl methyl sites for hydroxylation is 1. The fourth-order valence-electron chi connectivity index (χ4n) is 2.53. The smallest absolute Gasteiger partial charge is 0.308 e. The SMILES string of the molecule is CC(=O)Oc1cc(C)cc(OC(C)=O)c1-c1cn(-c2ccccc2)nn1. The van der Waals surface area contributed by atoms with Crippen molar-refractivity contribution in [2.75, 3.05) is 0 Å². The third-order valence-corrected chi connectivity index (χ3v) is 3.49. The van der Waals surface area contributed by atoms with E-state index in [4.69, 9.17) is 9.47 Å². The topological polar surface area (TPSA) is 83.3 Å². The highest BCUT2D eigenvalue weighted by atomic mass is 16.5. The van der Waals surface area contributed by atoms with Gasteiger partial charge in [-0.2, -0.15) is 0 Å². The maximum absolute atomic E-state index is 11.5. The molecule has 0 saturated carbocycles. The monoisotopic (exact) mass is 351 g/mol. The number of esters is 2. The lowest BCUT2D eigenvalue weighted by atomic mass is 10.1. The normalized spacial score (nSPS) is 10.4. The number of rotatable bonds is 4. The van der Waals surface area contributed by atoms with Gasteiger partial charge >= 0.3 is 11.9 Å². The summed E-state index contributed by atoms with van der Waals surface area (Å²) in [7, 11) is 0. The fourth-order valence-corrected chi connectivity index (χ4v) is 2.53. The van der Waals surface area contributed by atoms with Crippen molar-refractivity contribution >= 4 is 11.9 Å². The van der Waals surface area contributed by atoms with Crippen molar-refractivity contribution in [1.82, 2.24) is 15.0 Å². The predicted octanol–water partition coefficient (Wildman–Crippen LogP) is 3.09. The number of hydrogen-bond donors (Lipinski definition) is 0. The summed E-state index contributed by atoms with van der Waals surface area (Å²) in [4.78, 5) is 23.0. The first-order chi connectivity index (χ1) is 12.4. The van der Waals surface area contributed by atoms with Crippen LogP contribution in [0.2, 0.25) is 0 Å². The third kappa shape index (κ3) is 3.77. The van der Waals surface area contributed by atoms with Gasteiger partial charge in [0.25, 0.3) is 0 Å². The molecule has 132 valence electrons. The summed E-state index contributed by atoms with van der Waals surface area (Å²) in [6.45, 7) is 4.42. The van der Waals surface area contributed by atoms with Crippen molar-refractivity contribution in [2.24, 2.45) is 0 Å². The molecule has 3 rings (SSSR count). The summed E-state index contributed by atoms with van der Waals surface area (Å²) in [5, 5.41) is 8.27. The maximum atomic E-state index is 11.5. The summed E-state index contributed by atoms with van der Waals surface area (Å²) in [5.41, 5.74) is 2.41. The van der Waals surface area contributed by atoms with Crippen LogP contribution in [0.15, 0.2) is 48.7 Å². The van der Waals surface area contributed by atoms with Gasteiger partial charge in [-0.1, -0.05) is 23.4 Å². The first-order valence-electron chi connectivity index (χ1n) is 7.93. The van der Waals surface area contributed by atoms with E-state index in [2.05, 4.69) is 10.3 Å². The Hall–Kier alpha value is -3.48. The Morgan fingerprint density at radius 3 is 2.08 bits per heavy atom. The van der Waals surface area contributed by atoms with Crippen molar-refractivity contribution in [2.45, 2.75) is 20.8 Å². The predicted molar refractivity (Wildman–Crippen MR) is 94.2 cm³/mol. The lowest BCUT2D eigenvalue weighted by molar-refractivity contribution is -0.132. The zero-order valence-corrected chi connectivity index (χ0v) is 14.6. The molecule has 0 bridgehead atoms. The summed E-state index contributed by atoms with van der Waals surface area (Å²) < 4.78 is 12.2. The van der Waals surface area contributed by atoms with E-state index in [1.807, 2.05) is 37.3 Å². The number of hydrogen-bond acceptors (Lipinski definition) is 6. The molecule has 0 aliphatic heterocycles. The van der Waals surface area contributed by atoms with Gasteiger partial charge < -0.3 is 9.47 Å². The van der Waals surface area contributed by atoms with E-state index in [9.17, 15) is 9.59 Å². The molecular weight excluding hydrogens is 334 g/mol. The van der Waals surface area contributed by atoms with Crippen LogP contribution in [0, 0.1) is 6.92 Å². The van der Waals surface area contributed by atoms with Gasteiger partial charge in [-0.25, -0.2) is 4.68 Å². The molecule has 3 aromatic rings. The number of nitrogens with zero attached hydrogens (tertiary/aromatic N) is 3. The second-order valence-electron chi connectivity index (χ2n) is 5.71. The van der Waals surface area contributed by atoms with Crippen LogP contribution >= 0.6 is 0 Å². The number of benzene rings is 2. The van der Waals surface area contributed by atoms with Crippen LogP contribution < -0.4 is 9.47 Å². The molecule has 0 amide bonds. The lowest BCUT2D eigenvalue weighted by Crippen LogP contribution is -2.07.